The second-order valence-corrected chi connectivity index (χ2v) is 0. The zero-order valence-corrected chi connectivity index (χ0v) is 6.32. The molecule has 0 spiro atoms. The topological polar surface area (TPSA) is 34.1 Å². The summed E-state index contributed by atoms with van der Waals surface area (Å²) in [6, 6.07) is 0. The van der Waals surface area contributed by atoms with Crippen LogP contribution < -0.4 is 0 Å². The summed E-state index contributed by atoms with van der Waals surface area (Å²) >= 11 is 0. The molecule has 0 saturated carbocycles. The van der Waals surface area contributed by atoms with Crippen molar-refractivity contribution in [2.24, 2.45) is 0 Å². The third kappa shape index (κ3) is 327. The zero-order valence-electron chi connectivity index (χ0n) is 6.27. The van der Waals surface area contributed by atoms with Crippen molar-refractivity contribution >= 4 is 23.5 Å². The first-order valence-corrected chi connectivity index (χ1v) is 0.577. The van der Waals surface area contributed by atoms with Crippen molar-refractivity contribution in [3.05, 3.63) is 0 Å². The summed E-state index contributed by atoms with van der Waals surface area (Å²) < 4.78 is 0. The van der Waals surface area contributed by atoms with Gasteiger partial charge in [-0.2, -0.15) is 9.90 Å². The molecule has 0 saturated heterocycles. The summed E-state index contributed by atoms with van der Waals surface area (Å²) in [5, 5.41) is 0. The summed E-state index contributed by atoms with van der Waals surface area (Å²) in [6.07, 6.45) is 0. The Morgan fingerprint density at radius 2 is 1.00 bits per heavy atom. The smallest absolute Gasteiger partial charge is 1.00 e. The van der Waals surface area contributed by atoms with Gasteiger partial charge in [-0.1, -0.05) is 0 Å². The molecule has 2 nitrogen and oxygen atoms in total. The molecule has 1 unspecified atom stereocenters. The van der Waals surface area contributed by atoms with Gasteiger partial charge in [0.05, 0.1) is 0 Å². The Balaban J connectivity index is -0.00000000114. The van der Waals surface area contributed by atoms with Gasteiger partial charge in [-0.25, -0.2) is 0 Å². The summed E-state index contributed by atoms with van der Waals surface area (Å²) in [7, 11) is 0. The van der Waals surface area contributed by atoms with E-state index in [1.807, 2.05) is 13.6 Å². The van der Waals surface area contributed by atoms with Crippen LogP contribution in [0.25, 0.3) is 0 Å². The first-order valence-electron chi connectivity index (χ1n) is 0.577. The van der Waals surface area contributed by atoms with Gasteiger partial charge in [-0.15, -0.1) is 0 Å². The van der Waals surface area contributed by atoms with Crippen LogP contribution in [-0.2, 0) is 29.1 Å². The first-order chi connectivity index (χ1) is 2.00. The van der Waals surface area contributed by atoms with E-state index >= 15 is 0 Å². The van der Waals surface area contributed by atoms with Crippen molar-refractivity contribution in [3.63, 3.8) is 0 Å². The maximum atomic E-state index is 8.00. The van der Waals surface area contributed by atoms with E-state index < -0.39 is 0 Å². The van der Waals surface area contributed by atoms with Crippen LogP contribution in [0.4, 0.5) is 0 Å². The van der Waals surface area contributed by atoms with Crippen molar-refractivity contribution in [2.45, 2.75) is 0 Å². The van der Waals surface area contributed by atoms with E-state index in [4.69, 9.17) is 9.59 Å². The van der Waals surface area contributed by atoms with Crippen molar-refractivity contribution < 1.29 is 33.3 Å². The fraction of sp³-hybridized carbons (Fsp3) is 0. The van der Waals surface area contributed by atoms with E-state index in [2.05, 4.69) is 0 Å². The predicted molar refractivity (Wildman–Crippen MR) is 28.7 cm³/mol. The van der Waals surface area contributed by atoms with Crippen LogP contribution in [0.5, 0.6) is 0 Å². The van der Waals surface area contributed by atoms with Crippen LogP contribution >= 0.6 is 9.90 Å². The van der Waals surface area contributed by atoms with Crippen molar-refractivity contribution in [2.75, 3.05) is 0 Å². The minimum Gasteiger partial charge on any atom is -1.00 e. The van der Waals surface area contributed by atoms with Crippen molar-refractivity contribution in [1.29, 1.82) is 0 Å². The van der Waals surface area contributed by atoms with Gasteiger partial charge in [0.25, 0.3) is 0 Å². The van der Waals surface area contributed by atoms with Crippen molar-refractivity contribution in [3.8, 4) is 0 Å². The summed E-state index contributed by atoms with van der Waals surface area (Å²) in [5.41, 5.74) is 0. The molecule has 1 atom stereocenters. The number of carbonyl (C=O) groups is 2. The van der Waals surface area contributed by atoms with E-state index in [9.17, 15) is 0 Å². The second kappa shape index (κ2) is 673. The molecule has 0 radical (unpaired) electrons. The molecule has 0 rings (SSSR count). The van der Waals surface area contributed by atoms with E-state index in [0.29, 0.717) is 0 Å². The Labute approximate surface area is 57.5 Å². The monoisotopic (exact) mass is 200 g/mol. The quantitative estimate of drug-likeness (QED) is 0.408. The number of hydrogen-bond acceptors (Lipinski definition) is 2. The number of rotatable bonds is 0. The molecule has 0 aromatic rings. The molecule has 0 N–H and O–H groups in total. The Morgan fingerprint density at radius 1 is 1.00 bits per heavy atom. The maximum absolute atomic E-state index is 8.00. The molecule has 0 aromatic heterocycles. The van der Waals surface area contributed by atoms with E-state index in [1.54, 1.807) is 0 Å². The normalized spacial score (nSPS) is 1.33. The van der Waals surface area contributed by atoms with Gasteiger partial charge in [-0.3, -0.25) is 0 Å². The molecule has 4 heteroatoms. The molecular weight excluding hydrogens is 190 g/mol. The molecule has 0 bridgehead atoms. The van der Waals surface area contributed by atoms with Gasteiger partial charge in [0, 0.05) is 0 Å². The fourth-order valence-corrected chi connectivity index (χ4v) is 0. The molecule has 0 fully saturated rings. The Hall–Kier alpha value is 0.393. The Kier molecular flexibility index (Phi) is 3640. The van der Waals surface area contributed by atoms with E-state index in [-0.39, 0.29) is 33.7 Å². The molecule has 0 heterocycles. The minimum absolute atomic E-state index is 0. The summed E-state index contributed by atoms with van der Waals surface area (Å²) in [4.78, 5) is 16.0. The Bertz CT molecular complexity index is 21.8. The zero-order chi connectivity index (χ0) is 4.00. The molecule has 0 aliphatic carbocycles. The molecule has 6 heavy (non-hydrogen) atoms. The molecule has 0 aromatic carbocycles. The van der Waals surface area contributed by atoms with E-state index in [1.165, 1.54) is 0 Å². The van der Waals surface area contributed by atoms with Crippen LogP contribution in [0, 0.1) is 0 Å². The van der Waals surface area contributed by atoms with Gasteiger partial charge in [0.15, 0.2) is 0 Å². The van der Waals surface area contributed by atoms with Gasteiger partial charge < -0.3 is 13.9 Å². The van der Waals surface area contributed by atoms with E-state index in [0.717, 1.165) is 0 Å². The van der Waals surface area contributed by atoms with Gasteiger partial charge in [-0.05, 0) is 0 Å². The standard InChI is InChI=1S/2CH2O.H3P.Rh.3H/c2*1-2;;;;;/h2*1H2;1H3;;;;/q;;;+3;3*-1. The third-order valence-electron chi connectivity index (χ3n) is 0. The molecule has 44 valence electrons. The second-order valence-electron chi connectivity index (χ2n) is 0. The van der Waals surface area contributed by atoms with Crippen LogP contribution in [-0.4, -0.2) is 13.6 Å². The van der Waals surface area contributed by atoms with Crippen LogP contribution in [0.15, 0.2) is 0 Å². The predicted octanol–water partition coefficient (Wildman–Crippen LogP) is 0.0233. The number of carbonyl (C=O) groups excluding carboxylic acids is 2. The molecule has 0 amide bonds. The van der Waals surface area contributed by atoms with Gasteiger partial charge in [0.2, 0.25) is 0 Å². The summed E-state index contributed by atoms with van der Waals surface area (Å²) in [5.74, 6) is 0. The third-order valence-corrected chi connectivity index (χ3v) is 0. The average molecular weight is 200 g/mol. The van der Waals surface area contributed by atoms with Crippen LogP contribution in [0.1, 0.15) is 4.28 Å². The number of hydrogen-bond donors (Lipinski definition) is 0. The summed E-state index contributed by atoms with van der Waals surface area (Å²) in [6.45, 7) is 4.00. The van der Waals surface area contributed by atoms with Crippen LogP contribution in [0.3, 0.4) is 0 Å². The first kappa shape index (κ1) is 32.5. The molecule has 0 aliphatic heterocycles. The van der Waals surface area contributed by atoms with Gasteiger partial charge >= 0.3 is 19.5 Å². The fourth-order valence-electron chi connectivity index (χ4n) is 0. The Morgan fingerprint density at radius 3 is 1.00 bits per heavy atom. The molecular formula is C2H10O2PRh. The minimum atomic E-state index is 0. The molecule has 0 aliphatic rings. The van der Waals surface area contributed by atoms with Crippen molar-refractivity contribution in [1.82, 2.24) is 0 Å². The van der Waals surface area contributed by atoms with Gasteiger partial charge in [0.1, 0.15) is 13.6 Å². The van der Waals surface area contributed by atoms with Crippen LogP contribution in [0.2, 0.25) is 0 Å². The maximum Gasteiger partial charge on any atom is 3.00 e. The average Bonchev–Trinajstić information content (AvgIpc) is 1.50. The largest absolute Gasteiger partial charge is 3.00 e. The SMILES string of the molecule is C=O.C=O.P.[H-].[H-].[H-].[Rh+3].